The van der Waals surface area contributed by atoms with E-state index in [0.29, 0.717) is 44.5 Å². The van der Waals surface area contributed by atoms with Crippen LogP contribution in [0.25, 0.3) is 0 Å². The summed E-state index contributed by atoms with van der Waals surface area (Å²) < 4.78 is 26.2. The van der Waals surface area contributed by atoms with Crippen LogP contribution < -0.4 is 5.32 Å². The monoisotopic (exact) mass is 339 g/mol. The van der Waals surface area contributed by atoms with Gasteiger partial charge in [-0.05, 0) is 37.0 Å². The molecule has 0 bridgehead atoms. The molecule has 2 rings (SSSR count). The van der Waals surface area contributed by atoms with Crippen molar-refractivity contribution in [3.63, 3.8) is 0 Å². The molecule has 24 heavy (non-hydrogen) atoms. The Balaban J connectivity index is 1.75. The first kappa shape index (κ1) is 18.2. The van der Waals surface area contributed by atoms with Crippen LogP contribution in [0.5, 0.6) is 0 Å². The van der Waals surface area contributed by atoms with Gasteiger partial charge in [0.15, 0.2) is 0 Å². The number of halogens is 2. The van der Waals surface area contributed by atoms with Crippen LogP contribution in [0.1, 0.15) is 18.4 Å². The summed E-state index contributed by atoms with van der Waals surface area (Å²) in [5.74, 6) is -1.42. The van der Waals surface area contributed by atoms with Crippen LogP contribution in [0.15, 0.2) is 18.2 Å². The number of carbonyl (C=O) groups is 2. The Kier molecular flexibility index (Phi) is 6.11. The van der Waals surface area contributed by atoms with Crippen LogP contribution in [-0.4, -0.2) is 55.5 Å². The number of nitrogens with zero attached hydrogens (tertiary/aromatic N) is 2. The maximum absolute atomic E-state index is 13.1. The van der Waals surface area contributed by atoms with Crippen LogP contribution in [0.4, 0.5) is 13.6 Å². The second kappa shape index (κ2) is 8.08. The number of amides is 3. The first-order valence-electron chi connectivity index (χ1n) is 8.05. The highest BCUT2D eigenvalue weighted by Gasteiger charge is 2.27. The molecule has 0 aliphatic carbocycles. The SMILES string of the molecule is CN(C)C(=O)N1CCC(C(=O)NCCc2cc(F)cc(F)c2)CC1. The first-order chi connectivity index (χ1) is 11.4. The van der Waals surface area contributed by atoms with Gasteiger partial charge in [0.05, 0.1) is 0 Å². The van der Waals surface area contributed by atoms with Gasteiger partial charge in [0.2, 0.25) is 5.91 Å². The van der Waals surface area contributed by atoms with Crippen molar-refractivity contribution in [2.24, 2.45) is 5.92 Å². The molecule has 0 radical (unpaired) electrons. The van der Waals surface area contributed by atoms with Crippen LogP contribution >= 0.6 is 0 Å². The number of benzene rings is 1. The van der Waals surface area contributed by atoms with E-state index in [4.69, 9.17) is 0 Å². The van der Waals surface area contributed by atoms with E-state index in [1.807, 2.05) is 0 Å². The maximum atomic E-state index is 13.1. The molecule has 0 atom stereocenters. The molecule has 1 saturated heterocycles. The van der Waals surface area contributed by atoms with E-state index in [1.165, 1.54) is 17.0 Å². The molecule has 1 aliphatic rings. The highest BCUT2D eigenvalue weighted by Crippen LogP contribution is 2.18. The van der Waals surface area contributed by atoms with Crippen LogP contribution in [-0.2, 0) is 11.2 Å². The van der Waals surface area contributed by atoms with Crippen molar-refractivity contribution in [2.45, 2.75) is 19.3 Å². The van der Waals surface area contributed by atoms with Crippen molar-refractivity contribution >= 4 is 11.9 Å². The Bertz CT molecular complexity index is 579. The van der Waals surface area contributed by atoms with Crippen molar-refractivity contribution < 1.29 is 18.4 Å². The van der Waals surface area contributed by atoms with Gasteiger partial charge in [0.25, 0.3) is 0 Å². The summed E-state index contributed by atoms with van der Waals surface area (Å²) in [6.07, 6.45) is 1.62. The van der Waals surface area contributed by atoms with Crippen molar-refractivity contribution in [1.29, 1.82) is 0 Å². The topological polar surface area (TPSA) is 52.7 Å². The van der Waals surface area contributed by atoms with Crippen LogP contribution in [0.2, 0.25) is 0 Å². The third-order valence-corrected chi connectivity index (χ3v) is 4.15. The Hall–Kier alpha value is -2.18. The molecule has 132 valence electrons. The summed E-state index contributed by atoms with van der Waals surface area (Å²) in [5.41, 5.74) is 0.513. The number of hydrogen-bond acceptors (Lipinski definition) is 2. The summed E-state index contributed by atoms with van der Waals surface area (Å²) in [6, 6.07) is 3.31. The molecule has 0 spiro atoms. The largest absolute Gasteiger partial charge is 0.356 e. The van der Waals surface area contributed by atoms with Gasteiger partial charge in [-0.25, -0.2) is 13.6 Å². The van der Waals surface area contributed by atoms with Crippen molar-refractivity contribution in [1.82, 2.24) is 15.1 Å². The molecule has 1 fully saturated rings. The maximum Gasteiger partial charge on any atom is 0.319 e. The molecule has 1 N–H and O–H groups in total. The Labute approximate surface area is 140 Å². The minimum Gasteiger partial charge on any atom is -0.356 e. The van der Waals surface area contributed by atoms with Crippen molar-refractivity contribution in [3.8, 4) is 0 Å². The Morgan fingerprint density at radius 2 is 1.75 bits per heavy atom. The number of urea groups is 1. The third kappa shape index (κ3) is 4.91. The highest BCUT2D eigenvalue weighted by molar-refractivity contribution is 5.79. The van der Waals surface area contributed by atoms with Gasteiger partial charge in [-0.3, -0.25) is 4.79 Å². The zero-order valence-electron chi connectivity index (χ0n) is 14.0. The predicted octanol–water partition coefficient (Wildman–Crippen LogP) is 2.02. The van der Waals surface area contributed by atoms with E-state index in [-0.39, 0.29) is 17.9 Å². The fourth-order valence-electron chi connectivity index (χ4n) is 2.85. The van der Waals surface area contributed by atoms with Gasteiger partial charge >= 0.3 is 6.03 Å². The minimum absolute atomic E-state index is 0.0398. The number of piperidine rings is 1. The van der Waals surface area contributed by atoms with E-state index in [2.05, 4.69) is 5.32 Å². The molecular formula is C17H23F2N3O2. The van der Waals surface area contributed by atoms with Gasteiger partial charge < -0.3 is 15.1 Å². The molecule has 1 aromatic carbocycles. The average molecular weight is 339 g/mol. The normalized spacial score (nSPS) is 15.2. The van der Waals surface area contributed by atoms with Gasteiger partial charge in [-0.15, -0.1) is 0 Å². The number of likely N-dealkylation sites (tertiary alicyclic amines) is 1. The summed E-state index contributed by atoms with van der Waals surface area (Å²) in [5, 5.41) is 2.81. The zero-order chi connectivity index (χ0) is 17.7. The van der Waals surface area contributed by atoms with E-state index in [9.17, 15) is 18.4 Å². The van der Waals surface area contributed by atoms with E-state index in [0.717, 1.165) is 6.07 Å². The fraction of sp³-hybridized carbons (Fsp3) is 0.529. The third-order valence-electron chi connectivity index (χ3n) is 4.15. The molecule has 0 unspecified atom stereocenters. The van der Waals surface area contributed by atoms with E-state index in [1.54, 1.807) is 19.0 Å². The van der Waals surface area contributed by atoms with Gasteiger partial charge in [0.1, 0.15) is 11.6 Å². The average Bonchev–Trinajstić information content (AvgIpc) is 2.53. The van der Waals surface area contributed by atoms with Gasteiger partial charge in [0, 0.05) is 45.7 Å². The fourth-order valence-corrected chi connectivity index (χ4v) is 2.85. The molecule has 5 nitrogen and oxygen atoms in total. The van der Waals surface area contributed by atoms with Crippen molar-refractivity contribution in [2.75, 3.05) is 33.7 Å². The second-order valence-electron chi connectivity index (χ2n) is 6.26. The molecule has 1 aliphatic heterocycles. The van der Waals surface area contributed by atoms with Crippen LogP contribution in [0.3, 0.4) is 0 Å². The zero-order valence-corrected chi connectivity index (χ0v) is 14.0. The van der Waals surface area contributed by atoms with E-state index >= 15 is 0 Å². The molecule has 1 aromatic rings. The first-order valence-corrected chi connectivity index (χ1v) is 8.05. The standard InChI is InChI=1S/C17H23F2N3O2/c1-21(2)17(24)22-7-4-13(5-8-22)16(23)20-6-3-12-9-14(18)11-15(19)10-12/h9-11,13H,3-8H2,1-2H3,(H,20,23). The van der Waals surface area contributed by atoms with Crippen molar-refractivity contribution in [3.05, 3.63) is 35.4 Å². The van der Waals surface area contributed by atoms with Gasteiger partial charge in [-0.2, -0.15) is 0 Å². The molecule has 0 aromatic heterocycles. The second-order valence-corrected chi connectivity index (χ2v) is 6.26. The van der Waals surface area contributed by atoms with Gasteiger partial charge in [-0.1, -0.05) is 0 Å². The number of nitrogens with one attached hydrogen (secondary N) is 1. The lowest BCUT2D eigenvalue weighted by molar-refractivity contribution is -0.126. The number of hydrogen-bond donors (Lipinski definition) is 1. The summed E-state index contributed by atoms with van der Waals surface area (Å²) in [6.45, 7) is 1.45. The lowest BCUT2D eigenvalue weighted by atomic mass is 9.96. The molecule has 1 heterocycles. The van der Waals surface area contributed by atoms with E-state index < -0.39 is 11.6 Å². The lowest BCUT2D eigenvalue weighted by Crippen LogP contribution is -2.46. The molecule has 0 saturated carbocycles. The lowest BCUT2D eigenvalue weighted by Gasteiger charge is -2.33. The summed E-state index contributed by atoms with van der Waals surface area (Å²) >= 11 is 0. The summed E-state index contributed by atoms with van der Waals surface area (Å²) in [7, 11) is 3.41. The quantitative estimate of drug-likeness (QED) is 0.912. The number of rotatable bonds is 4. The van der Waals surface area contributed by atoms with Crippen LogP contribution in [0, 0.1) is 17.6 Å². The smallest absolute Gasteiger partial charge is 0.319 e. The Morgan fingerprint density at radius 3 is 2.29 bits per heavy atom. The summed E-state index contributed by atoms with van der Waals surface area (Å²) in [4.78, 5) is 27.3. The Morgan fingerprint density at radius 1 is 1.17 bits per heavy atom. The highest BCUT2D eigenvalue weighted by atomic mass is 19.1. The predicted molar refractivity (Wildman–Crippen MR) is 86.5 cm³/mol. The minimum atomic E-state index is -0.616. The molecular weight excluding hydrogens is 316 g/mol. The number of carbonyl (C=O) groups excluding carboxylic acids is 2. The molecule has 3 amide bonds. The molecule has 7 heteroatoms.